The summed E-state index contributed by atoms with van der Waals surface area (Å²) in [6.45, 7) is -0.190. The Morgan fingerprint density at radius 1 is 1.56 bits per heavy atom. The normalized spacial score (nSPS) is 11.3. The third kappa shape index (κ3) is 5.95. The highest BCUT2D eigenvalue weighted by Gasteiger charge is 2.16. The first kappa shape index (κ1) is 14.3. The molecule has 0 aliphatic carbocycles. The van der Waals surface area contributed by atoms with Gasteiger partial charge in [0.25, 0.3) is 0 Å². The average molecular weight is 230 g/mol. The molecule has 0 aromatic heterocycles. The topological polar surface area (TPSA) is 109 Å². The molecule has 0 aliphatic rings. The van der Waals surface area contributed by atoms with Gasteiger partial charge in [0.1, 0.15) is 19.1 Å². The molecule has 0 saturated heterocycles. The maximum atomic E-state index is 11.0. The van der Waals surface area contributed by atoms with E-state index in [0.29, 0.717) is 0 Å². The molecule has 0 aromatic carbocycles. The molecule has 16 heavy (non-hydrogen) atoms. The third-order valence-electron chi connectivity index (χ3n) is 1.65. The minimum Gasteiger partial charge on any atom is -0.468 e. The van der Waals surface area contributed by atoms with Crippen LogP contribution in [0.25, 0.3) is 0 Å². The first-order valence-corrected chi connectivity index (χ1v) is 4.60. The van der Waals surface area contributed by atoms with Gasteiger partial charge in [0.05, 0.1) is 19.8 Å². The van der Waals surface area contributed by atoms with Crippen LogP contribution in [0.1, 0.15) is 6.42 Å². The van der Waals surface area contributed by atoms with E-state index < -0.39 is 24.6 Å². The minimum atomic E-state index is -0.834. The fourth-order valence-electron chi connectivity index (χ4n) is 0.878. The summed E-state index contributed by atoms with van der Waals surface area (Å²) in [4.78, 5) is 21.7. The average Bonchev–Trinajstić information content (AvgIpc) is 2.28. The summed E-state index contributed by atoms with van der Waals surface area (Å²) in [6.07, 6.45) is -0.305. The maximum Gasteiger partial charge on any atom is 0.325 e. The number of nitriles is 1. The van der Waals surface area contributed by atoms with Crippen LogP contribution < -0.4 is 5.32 Å². The van der Waals surface area contributed by atoms with Gasteiger partial charge in [-0.05, 0) is 0 Å². The summed E-state index contributed by atoms with van der Waals surface area (Å²) in [7, 11) is 1.21. The lowest BCUT2D eigenvalue weighted by Gasteiger charge is -2.13. The Balaban J connectivity index is 3.68. The lowest BCUT2D eigenvalue weighted by molar-refractivity contribution is -0.144. The van der Waals surface area contributed by atoms with E-state index in [4.69, 9.17) is 10.4 Å². The number of hydrogen-bond acceptors (Lipinski definition) is 7. The Kier molecular flexibility index (Phi) is 7.75. The highest BCUT2D eigenvalue weighted by Crippen LogP contribution is 1.87. The van der Waals surface area contributed by atoms with E-state index >= 15 is 0 Å². The van der Waals surface area contributed by atoms with Gasteiger partial charge in [-0.2, -0.15) is 5.26 Å². The van der Waals surface area contributed by atoms with E-state index in [1.807, 2.05) is 0 Å². The van der Waals surface area contributed by atoms with Crippen LogP contribution in [0.15, 0.2) is 0 Å². The van der Waals surface area contributed by atoms with E-state index in [1.165, 1.54) is 7.11 Å². The number of aliphatic hydroxyl groups is 1. The summed E-state index contributed by atoms with van der Waals surface area (Å²) in [6, 6.07) is 0.813. The number of carbonyl (C=O) groups is 2. The van der Waals surface area contributed by atoms with Crippen LogP contribution in [-0.2, 0) is 19.1 Å². The molecule has 0 radical (unpaired) electrons. The molecule has 90 valence electrons. The second-order valence-electron chi connectivity index (χ2n) is 2.77. The highest BCUT2D eigenvalue weighted by atomic mass is 16.5. The Labute approximate surface area is 92.9 Å². The van der Waals surface area contributed by atoms with Crippen LogP contribution in [0.2, 0.25) is 0 Å². The number of nitrogens with zero attached hydrogens (tertiary/aromatic N) is 1. The number of methoxy groups -OCH3 is 1. The van der Waals surface area contributed by atoms with Gasteiger partial charge in [-0.15, -0.1) is 0 Å². The molecule has 0 heterocycles. The Hall–Kier alpha value is -1.65. The standard InChI is InChI=1S/C9H14N2O5/c1-15-9(14)7(6-12)11-4-5-16-8(13)2-3-10/h7,11-12H,2,4-6H2,1H3/t7-/m0/s1. The molecule has 0 saturated carbocycles. The highest BCUT2D eigenvalue weighted by molar-refractivity contribution is 5.75. The summed E-state index contributed by atoms with van der Waals surface area (Å²) in [5, 5.41) is 19.6. The minimum absolute atomic E-state index is 0.0218. The number of rotatable bonds is 7. The molecule has 0 bridgehead atoms. The summed E-state index contributed by atoms with van der Waals surface area (Å²) in [5.74, 6) is -1.21. The van der Waals surface area contributed by atoms with Gasteiger partial charge < -0.3 is 14.6 Å². The number of aliphatic hydroxyl groups excluding tert-OH is 1. The predicted molar refractivity (Wildman–Crippen MR) is 52.1 cm³/mol. The second kappa shape index (κ2) is 8.64. The van der Waals surface area contributed by atoms with Crippen molar-refractivity contribution in [2.45, 2.75) is 12.5 Å². The van der Waals surface area contributed by atoms with Crippen LogP contribution >= 0.6 is 0 Å². The van der Waals surface area contributed by atoms with Crippen LogP contribution in [0.5, 0.6) is 0 Å². The van der Waals surface area contributed by atoms with Crippen molar-refractivity contribution in [1.82, 2.24) is 5.32 Å². The zero-order valence-corrected chi connectivity index (χ0v) is 8.93. The lowest BCUT2D eigenvalue weighted by Crippen LogP contribution is -2.42. The predicted octanol–water partition coefficient (Wildman–Crippen LogP) is -1.43. The molecule has 0 unspecified atom stereocenters. The van der Waals surface area contributed by atoms with Crippen molar-refractivity contribution in [3.8, 4) is 6.07 Å². The molecule has 0 aliphatic heterocycles. The Morgan fingerprint density at radius 3 is 2.75 bits per heavy atom. The van der Waals surface area contributed by atoms with Crippen molar-refractivity contribution in [1.29, 1.82) is 5.26 Å². The van der Waals surface area contributed by atoms with Crippen molar-refractivity contribution < 1.29 is 24.2 Å². The summed E-state index contributed by atoms with van der Waals surface area (Å²) < 4.78 is 9.04. The molecule has 1 atom stereocenters. The van der Waals surface area contributed by atoms with Crippen molar-refractivity contribution in [2.24, 2.45) is 0 Å². The molecule has 7 nitrogen and oxygen atoms in total. The fourth-order valence-corrected chi connectivity index (χ4v) is 0.878. The van der Waals surface area contributed by atoms with E-state index in [2.05, 4.69) is 14.8 Å². The van der Waals surface area contributed by atoms with Crippen molar-refractivity contribution in [2.75, 3.05) is 26.9 Å². The van der Waals surface area contributed by atoms with Gasteiger partial charge in [-0.3, -0.25) is 14.9 Å². The molecular weight excluding hydrogens is 216 g/mol. The number of nitrogens with one attached hydrogen (secondary N) is 1. The molecular formula is C9H14N2O5. The third-order valence-corrected chi connectivity index (χ3v) is 1.65. The molecule has 2 N–H and O–H groups in total. The van der Waals surface area contributed by atoms with Crippen LogP contribution in [0, 0.1) is 11.3 Å². The van der Waals surface area contributed by atoms with Gasteiger partial charge in [0.15, 0.2) is 0 Å². The van der Waals surface area contributed by atoms with E-state index in [9.17, 15) is 9.59 Å². The zero-order valence-electron chi connectivity index (χ0n) is 8.93. The van der Waals surface area contributed by atoms with Crippen molar-refractivity contribution in [3.63, 3.8) is 0 Å². The number of esters is 2. The zero-order chi connectivity index (χ0) is 12.4. The largest absolute Gasteiger partial charge is 0.468 e. The Morgan fingerprint density at radius 2 is 2.25 bits per heavy atom. The van der Waals surface area contributed by atoms with Gasteiger partial charge in [0, 0.05) is 6.54 Å². The van der Waals surface area contributed by atoms with E-state index in [-0.39, 0.29) is 19.6 Å². The van der Waals surface area contributed by atoms with Gasteiger partial charge in [-0.25, -0.2) is 0 Å². The monoisotopic (exact) mass is 230 g/mol. The molecule has 0 spiro atoms. The Bertz CT molecular complexity index is 274. The number of ether oxygens (including phenoxy) is 2. The molecule has 0 rings (SSSR count). The first-order chi connectivity index (χ1) is 7.65. The SMILES string of the molecule is COC(=O)[C@H](CO)NCCOC(=O)CC#N. The quantitative estimate of drug-likeness (QED) is 0.407. The maximum absolute atomic E-state index is 11.0. The fraction of sp³-hybridized carbons (Fsp3) is 0.667. The summed E-state index contributed by atoms with van der Waals surface area (Å²) in [5.41, 5.74) is 0. The van der Waals surface area contributed by atoms with Crippen molar-refractivity contribution in [3.05, 3.63) is 0 Å². The van der Waals surface area contributed by atoms with Gasteiger partial charge in [-0.1, -0.05) is 0 Å². The van der Waals surface area contributed by atoms with Crippen LogP contribution in [0.4, 0.5) is 0 Å². The van der Waals surface area contributed by atoms with Gasteiger partial charge in [0.2, 0.25) is 0 Å². The lowest BCUT2D eigenvalue weighted by atomic mass is 10.3. The molecule has 7 heteroatoms. The van der Waals surface area contributed by atoms with E-state index in [1.54, 1.807) is 6.07 Å². The van der Waals surface area contributed by atoms with Crippen LogP contribution in [-0.4, -0.2) is 50.0 Å². The smallest absolute Gasteiger partial charge is 0.325 e. The van der Waals surface area contributed by atoms with E-state index in [0.717, 1.165) is 0 Å². The van der Waals surface area contributed by atoms with Gasteiger partial charge >= 0.3 is 11.9 Å². The van der Waals surface area contributed by atoms with Crippen LogP contribution in [0.3, 0.4) is 0 Å². The number of carbonyl (C=O) groups excluding carboxylic acids is 2. The molecule has 0 amide bonds. The molecule has 0 aromatic rings. The second-order valence-corrected chi connectivity index (χ2v) is 2.77. The number of hydrogen-bond donors (Lipinski definition) is 2. The molecule has 0 fully saturated rings. The first-order valence-electron chi connectivity index (χ1n) is 4.60. The van der Waals surface area contributed by atoms with Crippen molar-refractivity contribution >= 4 is 11.9 Å². The summed E-state index contributed by atoms with van der Waals surface area (Å²) >= 11 is 0.